The number of nitrogens with one attached hydrogen (secondary N) is 1. The minimum Gasteiger partial charge on any atom is -0.360 e. The molecule has 1 heterocycles. The second-order valence-electron chi connectivity index (χ2n) is 4.75. The predicted octanol–water partition coefficient (Wildman–Crippen LogP) is 3.64. The number of fused-ring (bicyclic) bond motifs is 1. The van der Waals surface area contributed by atoms with E-state index in [2.05, 4.69) is 15.3 Å². The average Bonchev–Trinajstić information content (AvgIpc) is 2.62. The molecule has 0 amide bonds. The molecule has 3 aromatic rings. The lowest BCUT2D eigenvalue weighted by Crippen LogP contribution is -1.92. The van der Waals surface area contributed by atoms with Crippen LogP contribution in [-0.4, -0.2) is 9.97 Å². The van der Waals surface area contributed by atoms with Gasteiger partial charge in [0.25, 0.3) is 0 Å². The molecule has 108 valence electrons. The van der Waals surface area contributed by atoms with Gasteiger partial charge in [0.05, 0.1) is 22.9 Å². The first-order valence-electron chi connectivity index (χ1n) is 6.89. The number of anilines is 1. The smallest absolute Gasteiger partial charge is 0.145 e. The van der Waals surface area contributed by atoms with Gasteiger partial charge in [0, 0.05) is 17.5 Å². The van der Waals surface area contributed by atoms with Crippen LogP contribution in [-0.2, 0) is 0 Å². The minimum atomic E-state index is 0.0147. The summed E-state index contributed by atoms with van der Waals surface area (Å²) in [4.78, 5) is 9.01. The maximum absolute atomic E-state index is 8.74. The van der Waals surface area contributed by atoms with Crippen LogP contribution in [0.5, 0.6) is 0 Å². The largest absolute Gasteiger partial charge is 0.360 e. The summed E-state index contributed by atoms with van der Waals surface area (Å²) >= 11 is 0. The minimum absolute atomic E-state index is 0.0147. The Kier molecular flexibility index (Phi) is 3.95. The van der Waals surface area contributed by atoms with Crippen molar-refractivity contribution in [2.75, 3.05) is 5.32 Å². The summed E-state index contributed by atoms with van der Waals surface area (Å²) in [6, 6.07) is 18.8. The standard InChI is InChI=1S/C18H11N5/c19-9-13(10-20)11-21-15-5-3-4-14(8-15)18-12-22-16-6-1-2-7-17(16)23-18/h1-8,11-12,21H. The van der Waals surface area contributed by atoms with Crippen LogP contribution in [0.3, 0.4) is 0 Å². The van der Waals surface area contributed by atoms with E-state index in [-0.39, 0.29) is 5.57 Å². The molecule has 0 aliphatic carbocycles. The Balaban J connectivity index is 1.94. The first kappa shape index (κ1) is 14.2. The Morgan fingerprint density at radius 3 is 2.57 bits per heavy atom. The van der Waals surface area contributed by atoms with Gasteiger partial charge in [-0.1, -0.05) is 24.3 Å². The van der Waals surface area contributed by atoms with Gasteiger partial charge in [0.15, 0.2) is 0 Å². The van der Waals surface area contributed by atoms with Crippen molar-refractivity contribution in [2.45, 2.75) is 0 Å². The van der Waals surface area contributed by atoms with Crippen molar-refractivity contribution in [3.05, 3.63) is 66.5 Å². The molecule has 2 aromatic carbocycles. The molecule has 0 spiro atoms. The van der Waals surface area contributed by atoms with Crippen LogP contribution in [0.2, 0.25) is 0 Å². The first-order chi connectivity index (χ1) is 11.3. The van der Waals surface area contributed by atoms with E-state index in [0.29, 0.717) is 0 Å². The van der Waals surface area contributed by atoms with Gasteiger partial charge in [-0.3, -0.25) is 4.98 Å². The van der Waals surface area contributed by atoms with Gasteiger partial charge in [0.2, 0.25) is 0 Å². The highest BCUT2D eigenvalue weighted by Gasteiger charge is 2.03. The van der Waals surface area contributed by atoms with Crippen LogP contribution in [0.4, 0.5) is 5.69 Å². The molecular weight excluding hydrogens is 286 g/mol. The molecule has 1 N–H and O–H groups in total. The van der Waals surface area contributed by atoms with E-state index in [1.165, 1.54) is 6.20 Å². The Morgan fingerprint density at radius 1 is 1.00 bits per heavy atom. The maximum Gasteiger partial charge on any atom is 0.145 e. The van der Waals surface area contributed by atoms with Crippen molar-refractivity contribution >= 4 is 16.7 Å². The number of nitriles is 2. The Labute approximate surface area is 133 Å². The van der Waals surface area contributed by atoms with Gasteiger partial charge in [-0.25, -0.2) is 4.98 Å². The Bertz CT molecular complexity index is 960. The fraction of sp³-hybridized carbons (Fsp3) is 0. The molecule has 0 radical (unpaired) electrons. The molecule has 0 aliphatic heterocycles. The molecular formula is C18H11N5. The number of benzene rings is 2. The fourth-order valence-corrected chi connectivity index (χ4v) is 2.11. The number of rotatable bonds is 3. The summed E-state index contributed by atoms with van der Waals surface area (Å²) in [6.45, 7) is 0. The molecule has 0 fully saturated rings. The molecule has 0 unspecified atom stereocenters. The van der Waals surface area contributed by atoms with Crippen molar-refractivity contribution < 1.29 is 0 Å². The van der Waals surface area contributed by atoms with Crippen LogP contribution in [0.15, 0.2) is 66.5 Å². The van der Waals surface area contributed by atoms with Crippen molar-refractivity contribution in [1.29, 1.82) is 10.5 Å². The van der Waals surface area contributed by atoms with Crippen LogP contribution in [0.1, 0.15) is 0 Å². The summed E-state index contributed by atoms with van der Waals surface area (Å²) in [7, 11) is 0. The topological polar surface area (TPSA) is 85.4 Å². The lowest BCUT2D eigenvalue weighted by molar-refractivity contribution is 1.29. The number of nitrogens with zero attached hydrogens (tertiary/aromatic N) is 4. The van der Waals surface area contributed by atoms with Gasteiger partial charge in [0.1, 0.15) is 17.7 Å². The third-order valence-electron chi connectivity index (χ3n) is 3.23. The van der Waals surface area contributed by atoms with E-state index in [1.54, 1.807) is 18.3 Å². The van der Waals surface area contributed by atoms with E-state index < -0.39 is 0 Å². The van der Waals surface area contributed by atoms with E-state index in [4.69, 9.17) is 10.5 Å². The van der Waals surface area contributed by atoms with Gasteiger partial charge in [-0.05, 0) is 24.3 Å². The van der Waals surface area contributed by atoms with Gasteiger partial charge in [-0.15, -0.1) is 0 Å². The molecule has 5 nitrogen and oxygen atoms in total. The van der Waals surface area contributed by atoms with Crippen LogP contribution in [0, 0.1) is 22.7 Å². The number of allylic oxidation sites excluding steroid dienone is 1. The van der Waals surface area contributed by atoms with Crippen molar-refractivity contribution in [3.8, 4) is 23.4 Å². The van der Waals surface area contributed by atoms with E-state index in [9.17, 15) is 0 Å². The quantitative estimate of drug-likeness (QED) is 0.746. The summed E-state index contributed by atoms with van der Waals surface area (Å²) in [6.07, 6.45) is 3.11. The molecule has 0 atom stereocenters. The van der Waals surface area contributed by atoms with Gasteiger partial charge in [-0.2, -0.15) is 10.5 Å². The number of para-hydroxylation sites is 2. The second kappa shape index (κ2) is 6.38. The molecule has 0 bridgehead atoms. The van der Waals surface area contributed by atoms with Crippen LogP contribution in [0.25, 0.3) is 22.3 Å². The molecule has 0 aliphatic rings. The van der Waals surface area contributed by atoms with Gasteiger partial charge >= 0.3 is 0 Å². The molecule has 3 rings (SSSR count). The van der Waals surface area contributed by atoms with Crippen LogP contribution < -0.4 is 5.32 Å². The highest BCUT2D eigenvalue weighted by atomic mass is 14.8. The monoisotopic (exact) mass is 297 g/mol. The molecule has 0 saturated carbocycles. The average molecular weight is 297 g/mol. The Morgan fingerprint density at radius 2 is 1.78 bits per heavy atom. The van der Waals surface area contributed by atoms with Crippen molar-refractivity contribution in [1.82, 2.24) is 9.97 Å². The number of hydrogen-bond acceptors (Lipinski definition) is 5. The van der Waals surface area contributed by atoms with E-state index in [0.717, 1.165) is 28.0 Å². The van der Waals surface area contributed by atoms with E-state index in [1.807, 2.05) is 48.5 Å². The molecule has 23 heavy (non-hydrogen) atoms. The maximum atomic E-state index is 8.74. The summed E-state index contributed by atoms with van der Waals surface area (Å²) in [5, 5.41) is 20.4. The molecule has 5 heteroatoms. The first-order valence-corrected chi connectivity index (χ1v) is 6.89. The van der Waals surface area contributed by atoms with Crippen molar-refractivity contribution in [2.24, 2.45) is 0 Å². The summed E-state index contributed by atoms with van der Waals surface area (Å²) < 4.78 is 0. The van der Waals surface area contributed by atoms with Crippen LogP contribution >= 0.6 is 0 Å². The van der Waals surface area contributed by atoms with Gasteiger partial charge < -0.3 is 5.32 Å². The zero-order valence-corrected chi connectivity index (χ0v) is 12.1. The highest BCUT2D eigenvalue weighted by molar-refractivity contribution is 5.77. The van der Waals surface area contributed by atoms with Crippen molar-refractivity contribution in [3.63, 3.8) is 0 Å². The highest BCUT2D eigenvalue weighted by Crippen LogP contribution is 2.22. The summed E-state index contributed by atoms with van der Waals surface area (Å²) in [5.41, 5.74) is 4.12. The van der Waals surface area contributed by atoms with E-state index >= 15 is 0 Å². The third kappa shape index (κ3) is 3.15. The number of hydrogen-bond donors (Lipinski definition) is 1. The zero-order chi connectivity index (χ0) is 16.1. The lowest BCUT2D eigenvalue weighted by Gasteiger charge is -2.05. The third-order valence-corrected chi connectivity index (χ3v) is 3.23. The lowest BCUT2D eigenvalue weighted by atomic mass is 10.1. The Hall–Kier alpha value is -3.70. The second-order valence-corrected chi connectivity index (χ2v) is 4.75. The normalized spacial score (nSPS) is 9.65. The predicted molar refractivity (Wildman–Crippen MR) is 87.9 cm³/mol. The molecule has 0 saturated heterocycles. The SMILES string of the molecule is N#CC(C#N)=CNc1cccc(-c2cnc3ccccc3n2)c1. The number of aromatic nitrogens is 2. The zero-order valence-electron chi connectivity index (χ0n) is 12.1. The molecule has 1 aromatic heterocycles. The fourth-order valence-electron chi connectivity index (χ4n) is 2.11. The summed E-state index contributed by atoms with van der Waals surface area (Å²) in [5.74, 6) is 0.